The first kappa shape index (κ1) is 12.8. The topological polar surface area (TPSA) is 41.6 Å². The van der Waals surface area contributed by atoms with Crippen LogP contribution in [0.25, 0.3) is 0 Å². The lowest BCUT2D eigenvalue weighted by Gasteiger charge is -2.45. The van der Waals surface area contributed by atoms with E-state index >= 15 is 0 Å². The second kappa shape index (κ2) is 5.36. The summed E-state index contributed by atoms with van der Waals surface area (Å²) in [5.41, 5.74) is -0.0902. The molecule has 0 aromatic carbocycles. The molecule has 2 rings (SSSR count). The normalized spacial score (nSPS) is 27.6. The average Bonchev–Trinajstić information content (AvgIpc) is 2.27. The molecular formula is C13H24N2O2. The van der Waals surface area contributed by atoms with E-state index in [-0.39, 0.29) is 5.41 Å². The van der Waals surface area contributed by atoms with E-state index in [1.807, 2.05) is 0 Å². The van der Waals surface area contributed by atoms with Crippen molar-refractivity contribution in [3.8, 4) is 0 Å². The van der Waals surface area contributed by atoms with E-state index in [1.54, 1.807) is 7.11 Å². The lowest BCUT2D eigenvalue weighted by atomic mass is 9.65. The highest BCUT2D eigenvalue weighted by Crippen LogP contribution is 2.45. The summed E-state index contributed by atoms with van der Waals surface area (Å²) in [5, 5.41) is 3.38. The number of hydrogen-bond donors (Lipinski definition) is 1. The van der Waals surface area contributed by atoms with Gasteiger partial charge in [0.05, 0.1) is 5.41 Å². The standard InChI is InChI=1S/C13H24N2O2/c1-11-10-15(8-7-14-11)12(16)13(4-3-5-13)6-9-17-2/h11,14H,3-10H2,1-2H3. The number of hydrogen-bond acceptors (Lipinski definition) is 3. The second-order valence-corrected chi connectivity index (χ2v) is 5.48. The molecule has 0 bridgehead atoms. The van der Waals surface area contributed by atoms with Crippen LogP contribution in [0, 0.1) is 5.41 Å². The van der Waals surface area contributed by atoms with Crippen LogP contribution >= 0.6 is 0 Å². The van der Waals surface area contributed by atoms with E-state index in [9.17, 15) is 4.79 Å². The summed E-state index contributed by atoms with van der Waals surface area (Å²) in [6.07, 6.45) is 4.18. The first-order valence-electron chi connectivity index (χ1n) is 6.70. The maximum Gasteiger partial charge on any atom is 0.228 e. The minimum absolute atomic E-state index is 0.0902. The summed E-state index contributed by atoms with van der Waals surface area (Å²) in [6, 6.07) is 0.423. The van der Waals surface area contributed by atoms with Crippen molar-refractivity contribution in [3.05, 3.63) is 0 Å². The van der Waals surface area contributed by atoms with Gasteiger partial charge < -0.3 is 15.0 Å². The predicted molar refractivity (Wildman–Crippen MR) is 66.8 cm³/mol. The number of carbonyl (C=O) groups is 1. The predicted octanol–water partition coefficient (Wildman–Crippen LogP) is 1.01. The number of ether oxygens (including phenoxy) is 1. The molecule has 98 valence electrons. The van der Waals surface area contributed by atoms with Crippen molar-refractivity contribution >= 4 is 5.91 Å². The molecule has 1 atom stereocenters. The molecule has 0 aromatic rings. The molecular weight excluding hydrogens is 216 g/mol. The minimum Gasteiger partial charge on any atom is -0.385 e. The van der Waals surface area contributed by atoms with Crippen molar-refractivity contribution in [2.45, 2.75) is 38.6 Å². The molecule has 1 aliphatic heterocycles. The summed E-state index contributed by atoms with van der Waals surface area (Å²) in [4.78, 5) is 14.6. The van der Waals surface area contributed by atoms with Crippen LogP contribution in [0.5, 0.6) is 0 Å². The van der Waals surface area contributed by atoms with Crippen LogP contribution in [0.2, 0.25) is 0 Å². The molecule has 1 saturated carbocycles. The van der Waals surface area contributed by atoms with Gasteiger partial charge in [0, 0.05) is 39.4 Å². The molecule has 0 radical (unpaired) electrons. The van der Waals surface area contributed by atoms with E-state index in [0.717, 1.165) is 38.9 Å². The number of nitrogens with one attached hydrogen (secondary N) is 1. The molecule has 0 aromatic heterocycles. The largest absolute Gasteiger partial charge is 0.385 e. The Morgan fingerprint density at radius 1 is 1.53 bits per heavy atom. The molecule has 17 heavy (non-hydrogen) atoms. The van der Waals surface area contributed by atoms with Gasteiger partial charge in [-0.15, -0.1) is 0 Å². The summed E-state index contributed by atoms with van der Waals surface area (Å²) < 4.78 is 5.15. The van der Waals surface area contributed by atoms with Crippen molar-refractivity contribution in [2.24, 2.45) is 5.41 Å². The van der Waals surface area contributed by atoms with Crippen LogP contribution < -0.4 is 5.32 Å². The quantitative estimate of drug-likeness (QED) is 0.797. The minimum atomic E-state index is -0.0902. The highest BCUT2D eigenvalue weighted by Gasteiger charge is 2.46. The van der Waals surface area contributed by atoms with E-state index in [0.29, 0.717) is 18.6 Å². The highest BCUT2D eigenvalue weighted by atomic mass is 16.5. The third kappa shape index (κ3) is 2.63. The number of piperazine rings is 1. The van der Waals surface area contributed by atoms with Crippen LogP contribution in [0.3, 0.4) is 0 Å². The Hall–Kier alpha value is -0.610. The fourth-order valence-electron chi connectivity index (χ4n) is 2.92. The number of methoxy groups -OCH3 is 1. The van der Waals surface area contributed by atoms with Gasteiger partial charge in [0.25, 0.3) is 0 Å². The second-order valence-electron chi connectivity index (χ2n) is 5.48. The van der Waals surface area contributed by atoms with E-state index in [4.69, 9.17) is 4.74 Å². The Morgan fingerprint density at radius 2 is 2.29 bits per heavy atom. The molecule has 1 saturated heterocycles. The summed E-state index contributed by atoms with van der Waals surface area (Å²) >= 11 is 0. The van der Waals surface area contributed by atoms with Gasteiger partial charge >= 0.3 is 0 Å². The molecule has 0 spiro atoms. The van der Waals surface area contributed by atoms with E-state index in [2.05, 4.69) is 17.1 Å². The first-order chi connectivity index (χ1) is 8.18. The smallest absolute Gasteiger partial charge is 0.228 e. The van der Waals surface area contributed by atoms with Gasteiger partial charge in [-0.25, -0.2) is 0 Å². The van der Waals surface area contributed by atoms with Gasteiger partial charge in [-0.05, 0) is 26.2 Å². The Kier molecular flexibility index (Phi) is 4.05. The van der Waals surface area contributed by atoms with Crippen LogP contribution in [0.15, 0.2) is 0 Å². The third-order valence-electron chi connectivity index (χ3n) is 4.21. The monoisotopic (exact) mass is 240 g/mol. The van der Waals surface area contributed by atoms with Gasteiger partial charge in [0.15, 0.2) is 0 Å². The molecule has 1 aliphatic carbocycles. The van der Waals surface area contributed by atoms with Crippen molar-refractivity contribution in [1.82, 2.24) is 10.2 Å². The average molecular weight is 240 g/mol. The molecule has 1 amide bonds. The van der Waals surface area contributed by atoms with E-state index in [1.165, 1.54) is 6.42 Å². The summed E-state index contributed by atoms with van der Waals surface area (Å²) in [5.74, 6) is 0.370. The van der Waals surface area contributed by atoms with Crippen molar-refractivity contribution in [1.29, 1.82) is 0 Å². The van der Waals surface area contributed by atoms with Crippen LogP contribution in [-0.4, -0.2) is 50.2 Å². The molecule has 1 heterocycles. The maximum atomic E-state index is 12.6. The molecule has 4 nitrogen and oxygen atoms in total. The molecule has 1 unspecified atom stereocenters. The number of carbonyl (C=O) groups excluding carboxylic acids is 1. The Morgan fingerprint density at radius 3 is 2.82 bits per heavy atom. The Labute approximate surface area is 104 Å². The van der Waals surface area contributed by atoms with E-state index < -0.39 is 0 Å². The lowest BCUT2D eigenvalue weighted by Crippen LogP contribution is -2.57. The third-order valence-corrected chi connectivity index (χ3v) is 4.21. The maximum absolute atomic E-state index is 12.6. The van der Waals surface area contributed by atoms with Gasteiger partial charge in [-0.3, -0.25) is 4.79 Å². The van der Waals surface area contributed by atoms with Crippen molar-refractivity contribution in [3.63, 3.8) is 0 Å². The van der Waals surface area contributed by atoms with Gasteiger partial charge in [0.1, 0.15) is 0 Å². The SMILES string of the molecule is COCCC1(C(=O)N2CCNC(C)C2)CCC1. The van der Waals surface area contributed by atoms with Crippen molar-refractivity contribution in [2.75, 3.05) is 33.4 Å². The Bertz CT molecular complexity index is 277. The zero-order valence-electron chi connectivity index (χ0n) is 11.0. The molecule has 2 fully saturated rings. The molecule has 4 heteroatoms. The zero-order chi connectivity index (χ0) is 12.3. The van der Waals surface area contributed by atoms with Crippen molar-refractivity contribution < 1.29 is 9.53 Å². The first-order valence-corrected chi connectivity index (χ1v) is 6.70. The van der Waals surface area contributed by atoms with Gasteiger partial charge in [-0.2, -0.15) is 0 Å². The number of rotatable bonds is 4. The summed E-state index contributed by atoms with van der Waals surface area (Å²) in [6.45, 7) is 5.48. The van der Waals surface area contributed by atoms with Gasteiger partial charge in [0.2, 0.25) is 5.91 Å². The van der Waals surface area contributed by atoms with Crippen LogP contribution in [0.4, 0.5) is 0 Å². The Balaban J connectivity index is 1.96. The highest BCUT2D eigenvalue weighted by molar-refractivity contribution is 5.83. The summed E-state index contributed by atoms with van der Waals surface area (Å²) in [7, 11) is 1.71. The number of nitrogens with zero attached hydrogens (tertiary/aromatic N) is 1. The fraction of sp³-hybridized carbons (Fsp3) is 0.923. The molecule has 1 N–H and O–H groups in total. The van der Waals surface area contributed by atoms with Crippen LogP contribution in [0.1, 0.15) is 32.6 Å². The zero-order valence-corrected chi connectivity index (χ0v) is 11.0. The number of amides is 1. The lowest BCUT2D eigenvalue weighted by molar-refractivity contribution is -0.150. The molecule has 2 aliphatic rings. The van der Waals surface area contributed by atoms with Crippen LogP contribution in [-0.2, 0) is 9.53 Å². The fourth-order valence-corrected chi connectivity index (χ4v) is 2.92. The van der Waals surface area contributed by atoms with Gasteiger partial charge in [-0.1, -0.05) is 6.42 Å².